The molecule has 0 fully saturated rings. The first-order valence-corrected chi connectivity index (χ1v) is 5.22. The van der Waals surface area contributed by atoms with Crippen LogP contribution in [0.4, 0.5) is 0 Å². The first kappa shape index (κ1) is 11.2. The SMILES string of the molecule is C#CCc1c(C)nn(C(=O)c2ccco2)c1C. The van der Waals surface area contributed by atoms with Crippen LogP contribution in [0.2, 0.25) is 0 Å². The quantitative estimate of drug-likeness (QED) is 0.738. The van der Waals surface area contributed by atoms with Gasteiger partial charge < -0.3 is 4.42 Å². The van der Waals surface area contributed by atoms with E-state index < -0.39 is 0 Å². The van der Waals surface area contributed by atoms with Gasteiger partial charge in [-0.3, -0.25) is 4.79 Å². The van der Waals surface area contributed by atoms with Crippen molar-refractivity contribution in [3.8, 4) is 12.3 Å². The monoisotopic (exact) mass is 228 g/mol. The van der Waals surface area contributed by atoms with E-state index in [1.54, 1.807) is 12.1 Å². The number of carbonyl (C=O) groups is 1. The van der Waals surface area contributed by atoms with Crippen LogP contribution in [0, 0.1) is 26.2 Å². The van der Waals surface area contributed by atoms with E-state index in [0.29, 0.717) is 6.42 Å². The molecule has 0 bridgehead atoms. The summed E-state index contributed by atoms with van der Waals surface area (Å²) in [4.78, 5) is 12.1. The lowest BCUT2D eigenvalue weighted by molar-refractivity contribution is 0.0914. The molecule has 0 aliphatic carbocycles. The van der Waals surface area contributed by atoms with Crippen LogP contribution >= 0.6 is 0 Å². The average molecular weight is 228 g/mol. The predicted octanol–water partition coefficient (Wildman–Crippen LogP) is 1.96. The van der Waals surface area contributed by atoms with Gasteiger partial charge in [0.05, 0.1) is 12.0 Å². The predicted molar refractivity (Wildman–Crippen MR) is 62.7 cm³/mol. The lowest BCUT2D eigenvalue weighted by Crippen LogP contribution is -2.14. The summed E-state index contributed by atoms with van der Waals surface area (Å²) in [6, 6.07) is 3.28. The Hall–Kier alpha value is -2.28. The number of rotatable bonds is 2. The van der Waals surface area contributed by atoms with Crippen molar-refractivity contribution in [1.82, 2.24) is 9.78 Å². The molecule has 17 heavy (non-hydrogen) atoms. The zero-order valence-corrected chi connectivity index (χ0v) is 9.73. The topological polar surface area (TPSA) is 48.0 Å². The summed E-state index contributed by atoms with van der Waals surface area (Å²) in [6.45, 7) is 3.67. The van der Waals surface area contributed by atoms with E-state index in [4.69, 9.17) is 10.8 Å². The van der Waals surface area contributed by atoms with Crippen molar-refractivity contribution in [3.05, 3.63) is 41.1 Å². The Kier molecular flexibility index (Phi) is 2.84. The maximum Gasteiger partial charge on any atom is 0.314 e. The van der Waals surface area contributed by atoms with Crippen molar-refractivity contribution in [3.63, 3.8) is 0 Å². The normalized spacial score (nSPS) is 10.2. The molecule has 0 saturated heterocycles. The third-order valence-corrected chi connectivity index (χ3v) is 2.64. The minimum absolute atomic E-state index is 0.267. The second kappa shape index (κ2) is 4.30. The molecule has 2 heterocycles. The molecule has 0 aromatic carbocycles. The molecule has 86 valence electrons. The van der Waals surface area contributed by atoms with E-state index in [1.807, 2.05) is 13.8 Å². The standard InChI is InChI=1S/C13H12N2O2/c1-4-6-11-9(2)14-15(10(11)3)13(16)12-7-5-8-17-12/h1,5,7-8H,6H2,2-3H3. The zero-order chi connectivity index (χ0) is 12.4. The van der Waals surface area contributed by atoms with Crippen LogP contribution in [0.15, 0.2) is 22.8 Å². The highest BCUT2D eigenvalue weighted by Crippen LogP contribution is 2.15. The molecule has 0 spiro atoms. The Morgan fingerprint density at radius 3 is 2.94 bits per heavy atom. The number of hydrogen-bond acceptors (Lipinski definition) is 3. The molecule has 4 nitrogen and oxygen atoms in total. The van der Waals surface area contributed by atoms with Crippen molar-refractivity contribution in [2.45, 2.75) is 20.3 Å². The number of terminal acetylenes is 1. The van der Waals surface area contributed by atoms with E-state index in [2.05, 4.69) is 11.0 Å². The van der Waals surface area contributed by atoms with Crippen LogP contribution in [-0.4, -0.2) is 15.7 Å². The van der Waals surface area contributed by atoms with Crippen molar-refractivity contribution < 1.29 is 9.21 Å². The van der Waals surface area contributed by atoms with E-state index in [0.717, 1.165) is 17.0 Å². The lowest BCUT2D eigenvalue weighted by Gasteiger charge is -2.00. The maximum atomic E-state index is 12.1. The van der Waals surface area contributed by atoms with Crippen LogP contribution < -0.4 is 0 Å². The first-order valence-electron chi connectivity index (χ1n) is 5.22. The number of aromatic nitrogens is 2. The fourth-order valence-corrected chi connectivity index (χ4v) is 1.74. The Morgan fingerprint density at radius 1 is 1.59 bits per heavy atom. The van der Waals surface area contributed by atoms with E-state index >= 15 is 0 Å². The van der Waals surface area contributed by atoms with Crippen LogP contribution in [0.5, 0.6) is 0 Å². The molecule has 4 heteroatoms. The number of furan rings is 1. The highest BCUT2D eigenvalue weighted by molar-refractivity contribution is 5.93. The molecule has 0 N–H and O–H groups in total. The third-order valence-electron chi connectivity index (χ3n) is 2.64. The number of nitrogens with zero attached hydrogens (tertiary/aromatic N) is 2. The molecule has 0 aliphatic rings. The second-order valence-electron chi connectivity index (χ2n) is 3.72. The molecule has 2 aromatic rings. The lowest BCUT2D eigenvalue weighted by atomic mass is 10.1. The largest absolute Gasteiger partial charge is 0.459 e. The summed E-state index contributed by atoms with van der Waals surface area (Å²) in [6.07, 6.45) is 7.22. The average Bonchev–Trinajstić information content (AvgIpc) is 2.92. The highest BCUT2D eigenvalue weighted by atomic mass is 16.3. The van der Waals surface area contributed by atoms with Gasteiger partial charge in [-0.25, -0.2) is 0 Å². The Labute approximate surface area is 99.2 Å². The first-order chi connectivity index (χ1) is 8.15. The summed E-state index contributed by atoms with van der Waals surface area (Å²) in [5.74, 6) is 2.55. The van der Waals surface area contributed by atoms with E-state index in [-0.39, 0.29) is 11.7 Å². The molecule has 0 amide bonds. The van der Waals surface area contributed by atoms with Gasteiger partial charge in [-0.2, -0.15) is 9.78 Å². The van der Waals surface area contributed by atoms with E-state index in [1.165, 1.54) is 10.9 Å². The van der Waals surface area contributed by atoms with Gasteiger partial charge in [0.1, 0.15) is 0 Å². The fourth-order valence-electron chi connectivity index (χ4n) is 1.74. The van der Waals surface area contributed by atoms with Gasteiger partial charge in [0.15, 0.2) is 5.76 Å². The van der Waals surface area contributed by atoms with Crippen molar-refractivity contribution in [2.24, 2.45) is 0 Å². The molecule has 2 rings (SSSR count). The zero-order valence-electron chi connectivity index (χ0n) is 9.73. The van der Waals surface area contributed by atoms with Gasteiger partial charge in [-0.15, -0.1) is 12.3 Å². The van der Waals surface area contributed by atoms with Gasteiger partial charge in [-0.05, 0) is 26.0 Å². The number of carbonyl (C=O) groups excluding carboxylic acids is 1. The minimum atomic E-state index is -0.279. The van der Waals surface area contributed by atoms with E-state index in [9.17, 15) is 4.79 Å². The summed E-state index contributed by atoms with van der Waals surface area (Å²) < 4.78 is 6.40. The van der Waals surface area contributed by atoms with Gasteiger partial charge in [0.25, 0.3) is 0 Å². The van der Waals surface area contributed by atoms with Gasteiger partial charge >= 0.3 is 5.91 Å². The van der Waals surface area contributed by atoms with Crippen LogP contribution in [0.1, 0.15) is 27.5 Å². The number of hydrogen-bond donors (Lipinski definition) is 0. The number of aryl methyl sites for hydroxylation is 1. The summed E-state index contributed by atoms with van der Waals surface area (Å²) in [5, 5.41) is 4.20. The summed E-state index contributed by atoms with van der Waals surface area (Å²) in [7, 11) is 0. The molecular weight excluding hydrogens is 216 g/mol. The molecule has 0 radical (unpaired) electrons. The van der Waals surface area contributed by atoms with Crippen LogP contribution in [-0.2, 0) is 6.42 Å². The molecule has 0 saturated carbocycles. The Bertz CT molecular complexity index is 586. The Morgan fingerprint density at radius 2 is 2.35 bits per heavy atom. The second-order valence-corrected chi connectivity index (χ2v) is 3.72. The van der Waals surface area contributed by atoms with Crippen LogP contribution in [0.3, 0.4) is 0 Å². The van der Waals surface area contributed by atoms with Gasteiger partial charge in [0, 0.05) is 17.7 Å². The third kappa shape index (κ3) is 1.87. The van der Waals surface area contributed by atoms with Gasteiger partial charge in [0.2, 0.25) is 0 Å². The summed E-state index contributed by atoms with van der Waals surface area (Å²) >= 11 is 0. The molecule has 0 aliphatic heterocycles. The molecular formula is C13H12N2O2. The fraction of sp³-hybridized carbons (Fsp3) is 0.231. The van der Waals surface area contributed by atoms with Gasteiger partial charge in [-0.1, -0.05) is 0 Å². The molecule has 0 atom stereocenters. The van der Waals surface area contributed by atoms with Crippen molar-refractivity contribution in [2.75, 3.05) is 0 Å². The highest BCUT2D eigenvalue weighted by Gasteiger charge is 2.18. The van der Waals surface area contributed by atoms with Crippen molar-refractivity contribution in [1.29, 1.82) is 0 Å². The van der Waals surface area contributed by atoms with Crippen molar-refractivity contribution >= 4 is 5.91 Å². The van der Waals surface area contributed by atoms with Crippen LogP contribution in [0.25, 0.3) is 0 Å². The molecule has 0 unspecified atom stereocenters. The smallest absolute Gasteiger partial charge is 0.314 e. The summed E-state index contributed by atoms with van der Waals surface area (Å²) in [5.41, 5.74) is 2.47. The minimum Gasteiger partial charge on any atom is -0.459 e. The maximum absolute atomic E-state index is 12.1. The molecule has 2 aromatic heterocycles. The Balaban J connectivity index is 2.44.